The number of carbonyl (C=O) groups is 1. The second kappa shape index (κ2) is 10.2. The molecule has 1 aliphatic heterocycles. The zero-order chi connectivity index (χ0) is 19.9. The molecule has 27 heavy (non-hydrogen) atoms. The third-order valence-corrected chi connectivity index (χ3v) is 5.34. The molecule has 1 aliphatic rings. The summed E-state index contributed by atoms with van der Waals surface area (Å²) < 4.78 is 44.5. The van der Waals surface area contributed by atoms with Crippen LogP contribution >= 0.6 is 0 Å². The zero-order valence-electron chi connectivity index (χ0n) is 15.8. The van der Waals surface area contributed by atoms with Crippen LogP contribution in [0.4, 0.5) is 13.2 Å². The molecule has 2 atom stereocenters. The molecular formula is C20H27BF3NO2. The lowest BCUT2D eigenvalue weighted by Crippen LogP contribution is -2.27. The van der Waals surface area contributed by atoms with Gasteiger partial charge in [-0.1, -0.05) is 38.0 Å². The molecule has 148 valence electrons. The van der Waals surface area contributed by atoms with Gasteiger partial charge in [0, 0.05) is 6.04 Å². The molecule has 2 rings (SSSR count). The molecule has 1 aromatic rings. The molecule has 2 radical (unpaired) electrons. The first kappa shape index (κ1) is 21.8. The van der Waals surface area contributed by atoms with Gasteiger partial charge in [0.15, 0.2) is 0 Å². The van der Waals surface area contributed by atoms with Gasteiger partial charge in [-0.05, 0) is 56.8 Å². The van der Waals surface area contributed by atoms with Crippen LogP contribution in [0.1, 0.15) is 69.0 Å². The Morgan fingerprint density at radius 2 is 2.00 bits per heavy atom. The Bertz CT molecular complexity index is 609. The van der Waals surface area contributed by atoms with Crippen molar-refractivity contribution in [3.63, 3.8) is 0 Å². The summed E-state index contributed by atoms with van der Waals surface area (Å²) in [5.41, 5.74) is -0.194. The fraction of sp³-hybridized carbons (Fsp3) is 0.650. The SMILES string of the molecule is [B]OC(=O)C(CCCC)CCCN1CCCC1c1ccccc1C(F)(F)F. The van der Waals surface area contributed by atoms with Crippen LogP contribution in [0, 0.1) is 5.92 Å². The Morgan fingerprint density at radius 3 is 2.67 bits per heavy atom. The second-order valence-electron chi connectivity index (χ2n) is 7.20. The molecule has 0 saturated carbocycles. The summed E-state index contributed by atoms with van der Waals surface area (Å²) >= 11 is 0. The van der Waals surface area contributed by atoms with Crippen molar-refractivity contribution in [1.82, 2.24) is 4.90 Å². The van der Waals surface area contributed by atoms with E-state index in [9.17, 15) is 18.0 Å². The largest absolute Gasteiger partial charge is 0.543 e. The summed E-state index contributed by atoms with van der Waals surface area (Å²) in [6.07, 6.45) is 1.25. The fourth-order valence-corrected chi connectivity index (χ4v) is 3.96. The number of hydrogen-bond donors (Lipinski definition) is 0. The van der Waals surface area contributed by atoms with Crippen molar-refractivity contribution >= 4 is 14.0 Å². The van der Waals surface area contributed by atoms with E-state index in [1.54, 1.807) is 12.1 Å². The van der Waals surface area contributed by atoms with Gasteiger partial charge in [-0.15, -0.1) is 0 Å². The highest BCUT2D eigenvalue weighted by Gasteiger charge is 2.37. The lowest BCUT2D eigenvalue weighted by Gasteiger charge is -2.27. The molecule has 0 amide bonds. The lowest BCUT2D eigenvalue weighted by atomic mass is 9.95. The van der Waals surface area contributed by atoms with Crippen LogP contribution < -0.4 is 0 Å². The first-order valence-corrected chi connectivity index (χ1v) is 9.69. The van der Waals surface area contributed by atoms with Gasteiger partial charge in [0.2, 0.25) is 0 Å². The number of unbranched alkanes of at least 4 members (excludes halogenated alkanes) is 1. The quantitative estimate of drug-likeness (QED) is 0.561. The molecule has 2 unspecified atom stereocenters. The van der Waals surface area contributed by atoms with Crippen LogP contribution in [0.5, 0.6) is 0 Å². The molecule has 1 heterocycles. The molecule has 1 aromatic carbocycles. The summed E-state index contributed by atoms with van der Waals surface area (Å²) in [5.74, 6) is -0.637. The van der Waals surface area contributed by atoms with Crippen LogP contribution in [0.3, 0.4) is 0 Å². The van der Waals surface area contributed by atoms with Gasteiger partial charge in [-0.3, -0.25) is 9.69 Å². The Kier molecular flexibility index (Phi) is 8.20. The smallest absolute Gasteiger partial charge is 0.416 e. The standard InChI is InChI=1S/C20H27BF3NO2/c1-2-3-8-15(19(26)27-21)9-6-13-25-14-7-12-18(25)16-10-4-5-11-17(16)20(22,23)24/h4-5,10-11,15,18H,2-3,6-9,12-14H2,1H3. The first-order chi connectivity index (χ1) is 12.9. The Labute approximate surface area is 160 Å². The number of likely N-dealkylation sites (tertiary alicyclic amines) is 1. The van der Waals surface area contributed by atoms with Gasteiger partial charge in [-0.2, -0.15) is 13.2 Å². The fourth-order valence-electron chi connectivity index (χ4n) is 3.96. The molecular weight excluding hydrogens is 354 g/mol. The maximum atomic E-state index is 13.4. The van der Waals surface area contributed by atoms with E-state index >= 15 is 0 Å². The van der Waals surface area contributed by atoms with Gasteiger partial charge in [0.05, 0.1) is 11.5 Å². The molecule has 1 saturated heterocycles. The second-order valence-corrected chi connectivity index (χ2v) is 7.20. The van der Waals surface area contributed by atoms with Crippen molar-refractivity contribution < 1.29 is 22.6 Å². The summed E-state index contributed by atoms with van der Waals surface area (Å²) in [4.78, 5) is 13.9. The van der Waals surface area contributed by atoms with E-state index in [-0.39, 0.29) is 12.0 Å². The Hall–Kier alpha value is -1.50. The average Bonchev–Trinajstić information content (AvgIpc) is 3.11. The van der Waals surface area contributed by atoms with Gasteiger partial charge in [-0.25, -0.2) is 0 Å². The highest BCUT2D eigenvalue weighted by Crippen LogP contribution is 2.40. The summed E-state index contributed by atoms with van der Waals surface area (Å²) in [6, 6.07) is 5.62. The topological polar surface area (TPSA) is 29.5 Å². The summed E-state index contributed by atoms with van der Waals surface area (Å²) in [6.45, 7) is 3.49. The predicted molar refractivity (Wildman–Crippen MR) is 99.1 cm³/mol. The molecule has 1 fully saturated rings. The molecule has 0 aliphatic carbocycles. The number of rotatable bonds is 9. The van der Waals surface area contributed by atoms with E-state index in [1.165, 1.54) is 6.07 Å². The number of nitrogens with zero attached hydrogens (tertiary/aromatic N) is 1. The van der Waals surface area contributed by atoms with Crippen molar-refractivity contribution in [1.29, 1.82) is 0 Å². The van der Waals surface area contributed by atoms with E-state index in [0.29, 0.717) is 18.5 Å². The third-order valence-electron chi connectivity index (χ3n) is 5.34. The van der Waals surface area contributed by atoms with Crippen molar-refractivity contribution in [2.45, 2.75) is 64.1 Å². The number of halogens is 3. The van der Waals surface area contributed by atoms with Gasteiger partial charge in [0.25, 0.3) is 5.97 Å². The third kappa shape index (κ3) is 5.99. The van der Waals surface area contributed by atoms with E-state index < -0.39 is 17.7 Å². The molecule has 3 nitrogen and oxygen atoms in total. The number of hydrogen-bond acceptors (Lipinski definition) is 3. The van der Waals surface area contributed by atoms with Crippen LogP contribution in [0.15, 0.2) is 24.3 Å². The normalized spacial score (nSPS) is 19.2. The van der Waals surface area contributed by atoms with Crippen LogP contribution in [-0.2, 0) is 15.6 Å². The molecule has 0 spiro atoms. The predicted octanol–water partition coefficient (Wildman–Crippen LogP) is 5.06. The Morgan fingerprint density at radius 1 is 1.30 bits per heavy atom. The maximum Gasteiger partial charge on any atom is 0.416 e. The van der Waals surface area contributed by atoms with Crippen LogP contribution in [-0.4, -0.2) is 32.0 Å². The van der Waals surface area contributed by atoms with Gasteiger partial charge >= 0.3 is 14.2 Å². The minimum Gasteiger partial charge on any atom is -0.543 e. The summed E-state index contributed by atoms with van der Waals surface area (Å²) in [5, 5.41) is 0. The minimum absolute atomic E-state index is 0.224. The van der Waals surface area contributed by atoms with Crippen molar-refractivity contribution in [2.24, 2.45) is 5.92 Å². The van der Waals surface area contributed by atoms with Crippen molar-refractivity contribution in [3.8, 4) is 0 Å². The molecule has 0 aromatic heterocycles. The maximum absolute atomic E-state index is 13.4. The Balaban J connectivity index is 2.00. The highest BCUT2D eigenvalue weighted by atomic mass is 19.4. The van der Waals surface area contributed by atoms with Crippen LogP contribution in [0.25, 0.3) is 0 Å². The molecule has 0 N–H and O–H groups in total. The number of alkyl halides is 3. The highest BCUT2D eigenvalue weighted by molar-refractivity contribution is 6.05. The number of carbonyl (C=O) groups excluding carboxylic acids is 1. The summed E-state index contributed by atoms with van der Waals surface area (Å²) in [7, 11) is 5.03. The van der Waals surface area contributed by atoms with E-state index in [1.807, 2.05) is 0 Å². The van der Waals surface area contributed by atoms with E-state index in [2.05, 4.69) is 16.5 Å². The van der Waals surface area contributed by atoms with E-state index in [0.717, 1.165) is 51.1 Å². The van der Waals surface area contributed by atoms with Crippen LogP contribution in [0.2, 0.25) is 0 Å². The lowest BCUT2D eigenvalue weighted by molar-refractivity contribution is -0.140. The number of benzene rings is 1. The van der Waals surface area contributed by atoms with E-state index in [4.69, 9.17) is 8.05 Å². The van der Waals surface area contributed by atoms with Crippen molar-refractivity contribution in [2.75, 3.05) is 13.1 Å². The molecule has 0 bridgehead atoms. The average molecular weight is 381 g/mol. The first-order valence-electron chi connectivity index (χ1n) is 9.69. The zero-order valence-corrected chi connectivity index (χ0v) is 15.8. The monoisotopic (exact) mass is 381 g/mol. The minimum atomic E-state index is -4.35. The van der Waals surface area contributed by atoms with Crippen molar-refractivity contribution in [3.05, 3.63) is 35.4 Å². The van der Waals surface area contributed by atoms with Gasteiger partial charge < -0.3 is 4.65 Å². The molecule has 7 heteroatoms. The van der Waals surface area contributed by atoms with Gasteiger partial charge in [0.1, 0.15) is 0 Å².